The first-order chi connectivity index (χ1) is 13.7. The molecule has 0 amide bonds. The molecule has 1 heterocycles. The van der Waals surface area contributed by atoms with Crippen LogP contribution in [0.3, 0.4) is 0 Å². The lowest BCUT2D eigenvalue weighted by molar-refractivity contribution is 0.111. The summed E-state index contributed by atoms with van der Waals surface area (Å²) in [7, 11) is 0. The van der Waals surface area contributed by atoms with E-state index in [0.29, 0.717) is 23.5 Å². The van der Waals surface area contributed by atoms with Gasteiger partial charge >= 0.3 is 0 Å². The lowest BCUT2D eigenvalue weighted by Gasteiger charge is -2.13. The zero-order chi connectivity index (χ0) is 19.9. The summed E-state index contributed by atoms with van der Waals surface area (Å²) >= 11 is 0. The van der Waals surface area contributed by atoms with E-state index in [1.807, 2.05) is 55.5 Å². The maximum atomic E-state index is 11.6. The summed E-state index contributed by atoms with van der Waals surface area (Å²) in [6.07, 6.45) is 4.24. The molecular weight excluding hydrogens is 346 g/mol. The molecule has 0 aliphatic heterocycles. The van der Waals surface area contributed by atoms with Crippen LogP contribution < -0.4 is 0 Å². The Balaban J connectivity index is 2.00. The molecule has 0 aliphatic carbocycles. The molecule has 0 saturated carbocycles. The Kier molecular flexibility index (Phi) is 6.29. The topological polar surface area (TPSA) is 66.6 Å². The van der Waals surface area contributed by atoms with E-state index >= 15 is 0 Å². The van der Waals surface area contributed by atoms with Gasteiger partial charge in [0.05, 0.1) is 11.6 Å². The second-order valence-corrected chi connectivity index (χ2v) is 6.84. The highest BCUT2D eigenvalue weighted by atomic mass is 16.1. The van der Waals surface area contributed by atoms with Gasteiger partial charge in [-0.25, -0.2) is 9.97 Å². The summed E-state index contributed by atoms with van der Waals surface area (Å²) in [5.74, 6) is 0.620. The summed E-state index contributed by atoms with van der Waals surface area (Å²) in [5.41, 5.74) is 5.77. The molecule has 0 N–H and O–H groups in total. The standard InChI is InChI=1S/C24H23N3O/c1-3-4-10-23-22(24(16-28)27-17(2)26-23)14-18-11-12-21(20(13-18)15-25)19-8-6-5-7-9-19/h5-9,11-13,16H,3-4,10,14H2,1-2H3. The number of aryl methyl sites for hydroxylation is 2. The van der Waals surface area contributed by atoms with Gasteiger partial charge in [-0.05, 0) is 42.5 Å². The quantitative estimate of drug-likeness (QED) is 0.545. The highest BCUT2D eigenvalue weighted by Gasteiger charge is 2.14. The molecule has 0 atom stereocenters. The van der Waals surface area contributed by atoms with Crippen LogP contribution in [0.15, 0.2) is 48.5 Å². The molecule has 3 aromatic rings. The van der Waals surface area contributed by atoms with Crippen molar-refractivity contribution in [1.29, 1.82) is 5.26 Å². The van der Waals surface area contributed by atoms with Crippen LogP contribution in [0.5, 0.6) is 0 Å². The van der Waals surface area contributed by atoms with Gasteiger partial charge in [-0.1, -0.05) is 55.8 Å². The number of aromatic nitrogens is 2. The van der Waals surface area contributed by atoms with Gasteiger partial charge in [0.2, 0.25) is 0 Å². The van der Waals surface area contributed by atoms with Crippen LogP contribution in [0.4, 0.5) is 0 Å². The van der Waals surface area contributed by atoms with E-state index in [1.165, 1.54) is 0 Å². The van der Waals surface area contributed by atoms with E-state index < -0.39 is 0 Å². The average molecular weight is 369 g/mol. The number of carbonyl (C=O) groups is 1. The van der Waals surface area contributed by atoms with Crippen LogP contribution in [0, 0.1) is 18.3 Å². The maximum Gasteiger partial charge on any atom is 0.168 e. The normalized spacial score (nSPS) is 10.5. The van der Waals surface area contributed by atoms with Crippen LogP contribution in [0.25, 0.3) is 11.1 Å². The molecule has 1 aromatic heterocycles. The van der Waals surface area contributed by atoms with E-state index in [0.717, 1.165) is 53.5 Å². The SMILES string of the molecule is CCCCc1nc(C)nc(C=O)c1Cc1ccc(-c2ccccc2)c(C#N)c1. The van der Waals surface area contributed by atoms with E-state index in [4.69, 9.17) is 0 Å². The molecule has 0 radical (unpaired) electrons. The highest BCUT2D eigenvalue weighted by Crippen LogP contribution is 2.26. The van der Waals surface area contributed by atoms with E-state index in [1.54, 1.807) is 0 Å². The summed E-state index contributed by atoms with van der Waals surface area (Å²) in [4.78, 5) is 20.5. The van der Waals surface area contributed by atoms with Gasteiger partial charge in [-0.15, -0.1) is 0 Å². The lowest BCUT2D eigenvalue weighted by atomic mass is 9.94. The Morgan fingerprint density at radius 2 is 1.89 bits per heavy atom. The van der Waals surface area contributed by atoms with E-state index in [-0.39, 0.29) is 0 Å². The highest BCUT2D eigenvalue weighted by molar-refractivity contribution is 5.75. The second-order valence-electron chi connectivity index (χ2n) is 6.84. The van der Waals surface area contributed by atoms with Crippen molar-refractivity contribution >= 4 is 6.29 Å². The molecule has 0 spiro atoms. The number of hydrogen-bond acceptors (Lipinski definition) is 4. The van der Waals surface area contributed by atoms with Crippen LogP contribution in [0.2, 0.25) is 0 Å². The summed E-state index contributed by atoms with van der Waals surface area (Å²) in [5, 5.41) is 9.65. The van der Waals surface area contributed by atoms with Crippen molar-refractivity contribution in [2.24, 2.45) is 0 Å². The third-order valence-electron chi connectivity index (χ3n) is 4.79. The number of nitriles is 1. The predicted octanol–water partition coefficient (Wildman–Crippen LogP) is 5.07. The number of nitrogens with zero attached hydrogens (tertiary/aromatic N) is 3. The number of unbranched alkanes of at least 4 members (excludes halogenated alkanes) is 1. The van der Waals surface area contributed by atoms with Gasteiger partial charge in [0.25, 0.3) is 0 Å². The fraction of sp³-hybridized carbons (Fsp3) is 0.250. The molecular formula is C24H23N3O. The zero-order valence-electron chi connectivity index (χ0n) is 16.3. The molecule has 4 heteroatoms. The largest absolute Gasteiger partial charge is 0.296 e. The molecule has 3 rings (SSSR count). The van der Waals surface area contributed by atoms with Crippen molar-refractivity contribution in [1.82, 2.24) is 9.97 Å². The summed E-state index contributed by atoms with van der Waals surface area (Å²) in [6.45, 7) is 3.95. The third-order valence-corrected chi connectivity index (χ3v) is 4.79. The van der Waals surface area contributed by atoms with Gasteiger partial charge in [0, 0.05) is 17.7 Å². The van der Waals surface area contributed by atoms with Crippen molar-refractivity contribution in [3.8, 4) is 17.2 Å². The Morgan fingerprint density at radius 3 is 2.57 bits per heavy atom. The van der Waals surface area contributed by atoms with Crippen molar-refractivity contribution < 1.29 is 4.79 Å². The van der Waals surface area contributed by atoms with E-state index in [9.17, 15) is 10.1 Å². The fourth-order valence-corrected chi connectivity index (χ4v) is 3.39. The van der Waals surface area contributed by atoms with Crippen LogP contribution in [-0.4, -0.2) is 16.3 Å². The molecule has 0 bridgehead atoms. The molecule has 0 unspecified atom stereocenters. The van der Waals surface area contributed by atoms with Gasteiger partial charge in [-0.2, -0.15) is 5.26 Å². The van der Waals surface area contributed by atoms with Crippen LogP contribution >= 0.6 is 0 Å². The van der Waals surface area contributed by atoms with Crippen molar-refractivity contribution in [2.45, 2.75) is 39.5 Å². The molecule has 2 aromatic carbocycles. The van der Waals surface area contributed by atoms with Gasteiger partial charge in [0.15, 0.2) is 6.29 Å². The molecule has 0 fully saturated rings. The lowest BCUT2D eigenvalue weighted by Crippen LogP contribution is -2.09. The van der Waals surface area contributed by atoms with E-state index in [2.05, 4.69) is 23.0 Å². The number of rotatable bonds is 7. The summed E-state index contributed by atoms with van der Waals surface area (Å²) in [6, 6.07) is 18.1. The number of benzene rings is 2. The zero-order valence-corrected chi connectivity index (χ0v) is 16.3. The van der Waals surface area contributed by atoms with Crippen molar-refractivity contribution in [2.75, 3.05) is 0 Å². The minimum atomic E-state index is 0.448. The number of hydrogen-bond donors (Lipinski definition) is 0. The molecule has 0 aliphatic rings. The number of aldehydes is 1. The average Bonchev–Trinajstić information content (AvgIpc) is 2.73. The molecule has 0 saturated heterocycles. The monoisotopic (exact) mass is 369 g/mol. The smallest absolute Gasteiger partial charge is 0.168 e. The summed E-state index contributed by atoms with van der Waals surface area (Å²) < 4.78 is 0. The third kappa shape index (κ3) is 4.32. The fourth-order valence-electron chi connectivity index (χ4n) is 3.39. The first-order valence-electron chi connectivity index (χ1n) is 9.56. The predicted molar refractivity (Wildman–Crippen MR) is 110 cm³/mol. The Bertz CT molecular complexity index is 1020. The van der Waals surface area contributed by atoms with Crippen LogP contribution in [0.1, 0.15) is 58.5 Å². The van der Waals surface area contributed by atoms with Crippen molar-refractivity contribution in [3.63, 3.8) is 0 Å². The number of carbonyl (C=O) groups excluding carboxylic acids is 1. The molecule has 140 valence electrons. The minimum Gasteiger partial charge on any atom is -0.296 e. The second kappa shape index (κ2) is 9.05. The first-order valence-corrected chi connectivity index (χ1v) is 9.56. The van der Waals surface area contributed by atoms with Gasteiger partial charge in [0.1, 0.15) is 11.5 Å². The van der Waals surface area contributed by atoms with Gasteiger partial charge in [-0.3, -0.25) is 4.79 Å². The molecule has 28 heavy (non-hydrogen) atoms. The Hall–Kier alpha value is -3.32. The Labute approximate surface area is 165 Å². The first kappa shape index (κ1) is 19.4. The van der Waals surface area contributed by atoms with Crippen LogP contribution in [-0.2, 0) is 12.8 Å². The minimum absolute atomic E-state index is 0.448. The van der Waals surface area contributed by atoms with Gasteiger partial charge < -0.3 is 0 Å². The van der Waals surface area contributed by atoms with Crippen molar-refractivity contribution in [3.05, 3.63) is 82.4 Å². The molecule has 4 nitrogen and oxygen atoms in total. The Morgan fingerprint density at radius 1 is 1.11 bits per heavy atom. The maximum absolute atomic E-state index is 11.6.